The van der Waals surface area contributed by atoms with Crippen molar-refractivity contribution in [3.8, 4) is 12.1 Å². The molecule has 1 aliphatic heterocycles. The lowest BCUT2D eigenvalue weighted by Crippen LogP contribution is -2.31. The van der Waals surface area contributed by atoms with E-state index < -0.39 is 0 Å². The molecule has 1 aromatic rings. The molecule has 2 rings (SSSR count). The Hall–Kier alpha value is -2.10. The van der Waals surface area contributed by atoms with E-state index in [9.17, 15) is 0 Å². The van der Waals surface area contributed by atoms with Crippen LogP contribution in [0.1, 0.15) is 18.4 Å². The fraction of sp³-hybridized carbons (Fsp3) is 0.333. The Labute approximate surface area is 108 Å². The summed E-state index contributed by atoms with van der Waals surface area (Å²) in [5, 5.41) is 17.8. The molecule has 90 valence electrons. The average Bonchev–Trinajstić information content (AvgIpc) is 2.42. The summed E-state index contributed by atoms with van der Waals surface area (Å²) in [5.41, 5.74) is 2.56. The van der Waals surface area contributed by atoms with Gasteiger partial charge in [-0.15, -0.1) is 0 Å². The van der Waals surface area contributed by atoms with Gasteiger partial charge in [0.1, 0.15) is 17.7 Å². The molecule has 0 spiro atoms. The number of likely N-dealkylation sites (tertiary alicyclic amines) is 1. The number of rotatable bonds is 2. The molecule has 1 fully saturated rings. The molecule has 1 aliphatic rings. The van der Waals surface area contributed by atoms with Gasteiger partial charge in [0.05, 0.1) is 0 Å². The molecule has 0 radical (unpaired) electrons. The molecule has 18 heavy (non-hydrogen) atoms. The van der Waals surface area contributed by atoms with Crippen LogP contribution in [-0.2, 0) is 6.54 Å². The molecule has 0 atom stereocenters. The molecule has 0 aliphatic carbocycles. The Bertz CT molecular complexity index is 501. The SMILES string of the molecule is N#CC(C#N)=C1CCCN(Cc2ccccc2)C1. The molecule has 1 heterocycles. The number of nitriles is 2. The Morgan fingerprint density at radius 2 is 1.89 bits per heavy atom. The summed E-state index contributed by atoms with van der Waals surface area (Å²) in [6.07, 6.45) is 1.90. The van der Waals surface area contributed by atoms with Crippen molar-refractivity contribution in [2.75, 3.05) is 13.1 Å². The summed E-state index contributed by atoms with van der Waals surface area (Å²) in [4.78, 5) is 2.29. The minimum Gasteiger partial charge on any atom is -0.295 e. The summed E-state index contributed by atoms with van der Waals surface area (Å²) in [6, 6.07) is 14.3. The number of nitrogens with zero attached hydrogens (tertiary/aromatic N) is 3. The van der Waals surface area contributed by atoms with Crippen LogP contribution in [0.15, 0.2) is 41.5 Å². The van der Waals surface area contributed by atoms with Gasteiger partial charge in [0, 0.05) is 13.1 Å². The van der Waals surface area contributed by atoms with E-state index in [4.69, 9.17) is 10.5 Å². The molecule has 1 saturated heterocycles. The number of piperidine rings is 1. The molecule has 0 amide bonds. The van der Waals surface area contributed by atoms with Gasteiger partial charge < -0.3 is 0 Å². The van der Waals surface area contributed by atoms with Crippen LogP contribution in [0.5, 0.6) is 0 Å². The van der Waals surface area contributed by atoms with E-state index in [-0.39, 0.29) is 0 Å². The normalized spacial score (nSPS) is 15.8. The molecular formula is C15H15N3. The highest BCUT2D eigenvalue weighted by molar-refractivity contribution is 5.41. The maximum absolute atomic E-state index is 8.91. The molecule has 0 unspecified atom stereocenters. The number of allylic oxidation sites excluding steroid dienone is 1. The van der Waals surface area contributed by atoms with Gasteiger partial charge in [-0.25, -0.2) is 0 Å². The summed E-state index contributed by atoms with van der Waals surface area (Å²) in [6.45, 7) is 2.66. The van der Waals surface area contributed by atoms with Crippen LogP contribution in [0.4, 0.5) is 0 Å². The standard InChI is InChI=1S/C15H15N3/c16-9-15(10-17)14-7-4-8-18(12-14)11-13-5-2-1-3-6-13/h1-3,5-6H,4,7-8,11-12H2. The zero-order chi connectivity index (χ0) is 12.8. The van der Waals surface area contributed by atoms with Gasteiger partial charge in [0.15, 0.2) is 0 Å². The lowest BCUT2D eigenvalue weighted by Gasteiger charge is -2.28. The molecule has 3 heteroatoms. The van der Waals surface area contributed by atoms with Crippen LogP contribution in [0, 0.1) is 22.7 Å². The minimum atomic E-state index is 0.299. The minimum absolute atomic E-state index is 0.299. The third-order valence-electron chi connectivity index (χ3n) is 3.19. The van der Waals surface area contributed by atoms with E-state index >= 15 is 0 Å². The number of benzene rings is 1. The van der Waals surface area contributed by atoms with Crippen LogP contribution in [0.3, 0.4) is 0 Å². The van der Waals surface area contributed by atoms with E-state index in [1.165, 1.54) is 5.56 Å². The van der Waals surface area contributed by atoms with Gasteiger partial charge in [-0.2, -0.15) is 10.5 Å². The summed E-state index contributed by atoms with van der Waals surface area (Å²) in [5.74, 6) is 0. The summed E-state index contributed by atoms with van der Waals surface area (Å²) in [7, 11) is 0. The highest BCUT2D eigenvalue weighted by atomic mass is 15.1. The lowest BCUT2D eigenvalue weighted by atomic mass is 9.99. The first-order chi connectivity index (χ1) is 8.83. The second-order valence-electron chi connectivity index (χ2n) is 4.50. The zero-order valence-electron chi connectivity index (χ0n) is 10.3. The average molecular weight is 237 g/mol. The first-order valence-electron chi connectivity index (χ1n) is 6.12. The van der Waals surface area contributed by atoms with Crippen LogP contribution < -0.4 is 0 Å². The zero-order valence-corrected chi connectivity index (χ0v) is 10.3. The fourth-order valence-electron chi connectivity index (χ4n) is 2.31. The Morgan fingerprint density at radius 1 is 1.17 bits per heavy atom. The highest BCUT2D eigenvalue weighted by Gasteiger charge is 2.17. The van der Waals surface area contributed by atoms with Crippen molar-refractivity contribution in [2.45, 2.75) is 19.4 Å². The van der Waals surface area contributed by atoms with Gasteiger partial charge in [0.2, 0.25) is 0 Å². The second-order valence-corrected chi connectivity index (χ2v) is 4.50. The van der Waals surface area contributed by atoms with Crippen molar-refractivity contribution >= 4 is 0 Å². The number of hydrogen-bond donors (Lipinski definition) is 0. The van der Waals surface area contributed by atoms with Gasteiger partial charge in [-0.1, -0.05) is 30.3 Å². The lowest BCUT2D eigenvalue weighted by molar-refractivity contribution is 0.257. The van der Waals surface area contributed by atoms with Gasteiger partial charge in [-0.3, -0.25) is 4.90 Å². The van der Waals surface area contributed by atoms with E-state index in [0.717, 1.165) is 38.0 Å². The van der Waals surface area contributed by atoms with E-state index in [2.05, 4.69) is 17.0 Å². The van der Waals surface area contributed by atoms with Crippen molar-refractivity contribution in [3.05, 3.63) is 47.0 Å². The second kappa shape index (κ2) is 6.00. The smallest absolute Gasteiger partial charge is 0.130 e. The number of hydrogen-bond acceptors (Lipinski definition) is 3. The molecule has 0 saturated carbocycles. The summed E-state index contributed by atoms with van der Waals surface area (Å²) >= 11 is 0. The maximum Gasteiger partial charge on any atom is 0.130 e. The van der Waals surface area contributed by atoms with E-state index in [1.54, 1.807) is 0 Å². The molecule has 0 N–H and O–H groups in total. The largest absolute Gasteiger partial charge is 0.295 e. The third-order valence-corrected chi connectivity index (χ3v) is 3.19. The van der Waals surface area contributed by atoms with Gasteiger partial charge in [-0.05, 0) is 30.5 Å². The third kappa shape index (κ3) is 2.97. The van der Waals surface area contributed by atoms with Gasteiger partial charge >= 0.3 is 0 Å². The van der Waals surface area contributed by atoms with Crippen LogP contribution in [0.25, 0.3) is 0 Å². The Balaban J connectivity index is 2.07. The first kappa shape index (κ1) is 12.4. The predicted molar refractivity (Wildman–Crippen MR) is 69.2 cm³/mol. The first-order valence-corrected chi connectivity index (χ1v) is 6.12. The van der Waals surface area contributed by atoms with Crippen LogP contribution in [-0.4, -0.2) is 18.0 Å². The molecule has 3 nitrogen and oxygen atoms in total. The fourth-order valence-corrected chi connectivity index (χ4v) is 2.31. The molecular weight excluding hydrogens is 222 g/mol. The van der Waals surface area contributed by atoms with Crippen LogP contribution in [0.2, 0.25) is 0 Å². The topological polar surface area (TPSA) is 50.8 Å². The monoisotopic (exact) mass is 237 g/mol. The Morgan fingerprint density at radius 3 is 2.56 bits per heavy atom. The maximum atomic E-state index is 8.91. The molecule has 0 aromatic heterocycles. The van der Waals surface area contributed by atoms with E-state index in [1.807, 2.05) is 30.3 Å². The quantitative estimate of drug-likeness (QED) is 0.743. The van der Waals surface area contributed by atoms with Crippen molar-refractivity contribution < 1.29 is 0 Å². The van der Waals surface area contributed by atoms with Gasteiger partial charge in [0.25, 0.3) is 0 Å². The summed E-state index contributed by atoms with van der Waals surface area (Å²) < 4.78 is 0. The Kier molecular flexibility index (Phi) is 4.12. The van der Waals surface area contributed by atoms with Crippen molar-refractivity contribution in [2.24, 2.45) is 0 Å². The molecule has 1 aromatic carbocycles. The molecule has 0 bridgehead atoms. The highest BCUT2D eigenvalue weighted by Crippen LogP contribution is 2.20. The van der Waals surface area contributed by atoms with Crippen molar-refractivity contribution in [1.82, 2.24) is 4.90 Å². The van der Waals surface area contributed by atoms with E-state index in [0.29, 0.717) is 5.57 Å². The predicted octanol–water partition coefficient (Wildman–Crippen LogP) is 2.63. The van der Waals surface area contributed by atoms with Crippen LogP contribution >= 0.6 is 0 Å². The van der Waals surface area contributed by atoms with Crippen molar-refractivity contribution in [3.63, 3.8) is 0 Å². The van der Waals surface area contributed by atoms with Crippen molar-refractivity contribution in [1.29, 1.82) is 10.5 Å².